The smallest absolute Gasteiger partial charge is 0.270 e. The number of piperazine rings is 1. The highest BCUT2D eigenvalue weighted by Crippen LogP contribution is 2.26. The van der Waals surface area contributed by atoms with Crippen LogP contribution in [0.25, 0.3) is 0 Å². The molecule has 1 aromatic rings. The van der Waals surface area contributed by atoms with Gasteiger partial charge in [-0.05, 0) is 31.2 Å². The molecule has 0 radical (unpaired) electrons. The van der Waals surface area contributed by atoms with E-state index in [9.17, 15) is 23.3 Å². The molecule has 1 amide bonds. The molecule has 0 N–H and O–H groups in total. The number of rotatable bonds is 5. The summed E-state index contributed by atoms with van der Waals surface area (Å²) in [6, 6.07) is 3.84. The molecule has 3 rings (SSSR count). The van der Waals surface area contributed by atoms with Crippen LogP contribution >= 0.6 is 0 Å². The molecule has 2 aliphatic rings. The quantitative estimate of drug-likeness (QED) is 0.433. The van der Waals surface area contributed by atoms with Crippen molar-refractivity contribution >= 4 is 21.6 Å². The first-order chi connectivity index (χ1) is 12.8. The van der Waals surface area contributed by atoms with Gasteiger partial charge in [0.1, 0.15) is 0 Å². The third kappa shape index (κ3) is 4.19. The first-order valence-corrected chi connectivity index (χ1v) is 10.4. The summed E-state index contributed by atoms with van der Waals surface area (Å²) < 4.78 is 27.2. The van der Waals surface area contributed by atoms with E-state index < -0.39 is 14.9 Å². The maximum absolute atomic E-state index is 12.9. The molecule has 1 aliphatic heterocycles. The number of amides is 1. The number of nitro groups is 1. The fourth-order valence-electron chi connectivity index (χ4n) is 3.52. The van der Waals surface area contributed by atoms with Gasteiger partial charge in [0.2, 0.25) is 15.9 Å². The van der Waals surface area contributed by atoms with Crippen molar-refractivity contribution in [1.82, 2.24) is 9.21 Å². The molecule has 0 aromatic heterocycles. The van der Waals surface area contributed by atoms with Gasteiger partial charge in [-0.1, -0.05) is 18.2 Å². The lowest BCUT2D eigenvalue weighted by molar-refractivity contribution is -0.385. The van der Waals surface area contributed by atoms with Crippen molar-refractivity contribution in [3.05, 3.63) is 46.0 Å². The highest BCUT2D eigenvalue weighted by atomic mass is 32.2. The summed E-state index contributed by atoms with van der Waals surface area (Å²) in [5.74, 6) is 0.335. The average molecular weight is 393 g/mol. The van der Waals surface area contributed by atoms with E-state index in [4.69, 9.17) is 0 Å². The number of benzene rings is 1. The maximum atomic E-state index is 12.9. The fourth-order valence-corrected chi connectivity index (χ4v) is 5.18. The number of nitro benzene ring substituents is 1. The number of carbonyl (C=O) groups is 1. The van der Waals surface area contributed by atoms with Gasteiger partial charge < -0.3 is 4.90 Å². The van der Waals surface area contributed by atoms with Gasteiger partial charge in [-0.3, -0.25) is 14.9 Å². The second kappa shape index (κ2) is 7.77. The van der Waals surface area contributed by atoms with Crippen LogP contribution in [0, 0.1) is 23.0 Å². The highest BCUT2D eigenvalue weighted by Gasteiger charge is 2.32. The Labute approximate surface area is 158 Å². The second-order valence-corrected chi connectivity index (χ2v) is 8.87. The zero-order chi connectivity index (χ0) is 19.6. The average Bonchev–Trinajstić information content (AvgIpc) is 3.14. The van der Waals surface area contributed by atoms with Crippen LogP contribution < -0.4 is 0 Å². The van der Waals surface area contributed by atoms with Crippen molar-refractivity contribution in [1.29, 1.82) is 0 Å². The summed E-state index contributed by atoms with van der Waals surface area (Å²) in [7, 11) is -3.84. The molecule has 1 aromatic carbocycles. The maximum Gasteiger partial charge on any atom is 0.270 e. The molecular formula is C18H23N3O5S. The monoisotopic (exact) mass is 393 g/mol. The fraction of sp³-hybridized carbons (Fsp3) is 0.500. The van der Waals surface area contributed by atoms with Crippen LogP contribution in [0.1, 0.15) is 24.8 Å². The molecule has 1 unspecified atom stereocenters. The molecule has 0 bridgehead atoms. The van der Waals surface area contributed by atoms with Crippen LogP contribution in [-0.4, -0.2) is 54.6 Å². The molecule has 1 fully saturated rings. The number of aryl methyl sites for hydroxylation is 1. The van der Waals surface area contributed by atoms with E-state index in [0.29, 0.717) is 25.1 Å². The molecule has 0 spiro atoms. The van der Waals surface area contributed by atoms with E-state index in [1.807, 2.05) is 0 Å². The lowest BCUT2D eigenvalue weighted by atomic mass is 10.0. The zero-order valence-corrected chi connectivity index (χ0v) is 16.0. The Kier molecular flexibility index (Phi) is 5.61. The van der Waals surface area contributed by atoms with E-state index in [1.54, 1.807) is 11.8 Å². The van der Waals surface area contributed by atoms with Crippen molar-refractivity contribution in [2.75, 3.05) is 26.2 Å². The molecular weight excluding hydrogens is 370 g/mol. The number of nitrogens with zero attached hydrogens (tertiary/aromatic N) is 3. The van der Waals surface area contributed by atoms with Gasteiger partial charge in [0.15, 0.2) is 0 Å². The molecule has 146 valence electrons. The molecule has 9 heteroatoms. The summed E-state index contributed by atoms with van der Waals surface area (Å²) in [6.07, 6.45) is 6.62. The summed E-state index contributed by atoms with van der Waals surface area (Å²) in [5.41, 5.74) is 0.213. The van der Waals surface area contributed by atoms with Gasteiger partial charge in [-0.15, -0.1) is 0 Å². The lowest BCUT2D eigenvalue weighted by Gasteiger charge is -2.34. The van der Waals surface area contributed by atoms with Crippen molar-refractivity contribution < 1.29 is 18.1 Å². The molecule has 1 heterocycles. The standard InChI is InChI=1S/C18H23N3O5S/c1-14-6-7-16(21(23)24)13-17(14)27(25,26)20-10-8-19(9-11-20)18(22)12-15-4-2-3-5-15/h2,4,6-7,13,15H,3,5,8-12H2,1H3. The summed E-state index contributed by atoms with van der Waals surface area (Å²) in [4.78, 5) is 24.4. The number of allylic oxidation sites excluding steroid dienone is 2. The minimum Gasteiger partial charge on any atom is -0.340 e. The van der Waals surface area contributed by atoms with Crippen LogP contribution in [0.4, 0.5) is 5.69 Å². The largest absolute Gasteiger partial charge is 0.340 e. The van der Waals surface area contributed by atoms with Gasteiger partial charge >= 0.3 is 0 Å². The minimum atomic E-state index is -3.84. The zero-order valence-electron chi connectivity index (χ0n) is 15.2. The van der Waals surface area contributed by atoms with E-state index in [1.165, 1.54) is 16.4 Å². The topological polar surface area (TPSA) is 101 Å². The van der Waals surface area contributed by atoms with E-state index in [2.05, 4.69) is 12.2 Å². The first-order valence-electron chi connectivity index (χ1n) is 8.98. The van der Waals surface area contributed by atoms with Crippen LogP contribution in [0.2, 0.25) is 0 Å². The van der Waals surface area contributed by atoms with Crippen LogP contribution in [0.5, 0.6) is 0 Å². The minimum absolute atomic E-state index is 0.0485. The van der Waals surface area contributed by atoms with Crippen molar-refractivity contribution in [3.8, 4) is 0 Å². The SMILES string of the molecule is Cc1ccc([N+](=O)[O-])cc1S(=O)(=O)N1CCN(C(=O)CC2C=CCC2)CC1. The highest BCUT2D eigenvalue weighted by molar-refractivity contribution is 7.89. The first kappa shape index (κ1) is 19.5. The van der Waals surface area contributed by atoms with Crippen molar-refractivity contribution in [2.45, 2.75) is 31.1 Å². The molecule has 8 nitrogen and oxygen atoms in total. The molecule has 1 saturated heterocycles. The van der Waals surface area contributed by atoms with Gasteiger partial charge in [-0.25, -0.2) is 8.42 Å². The van der Waals surface area contributed by atoms with Gasteiger partial charge in [0.05, 0.1) is 9.82 Å². The van der Waals surface area contributed by atoms with Gasteiger partial charge in [0, 0.05) is 44.7 Å². The Bertz CT molecular complexity index is 873. The Morgan fingerprint density at radius 3 is 2.56 bits per heavy atom. The van der Waals surface area contributed by atoms with Crippen molar-refractivity contribution in [3.63, 3.8) is 0 Å². The molecule has 0 saturated carbocycles. The van der Waals surface area contributed by atoms with Crippen LogP contribution in [0.3, 0.4) is 0 Å². The molecule has 1 aliphatic carbocycles. The Morgan fingerprint density at radius 1 is 1.26 bits per heavy atom. The lowest BCUT2D eigenvalue weighted by Crippen LogP contribution is -2.50. The normalized spacial score (nSPS) is 20.8. The third-order valence-electron chi connectivity index (χ3n) is 5.14. The van der Waals surface area contributed by atoms with Crippen LogP contribution in [0.15, 0.2) is 35.2 Å². The second-order valence-electron chi connectivity index (χ2n) is 6.96. The Morgan fingerprint density at radius 2 is 1.96 bits per heavy atom. The molecule has 27 heavy (non-hydrogen) atoms. The van der Waals surface area contributed by atoms with Gasteiger partial charge in [-0.2, -0.15) is 4.31 Å². The van der Waals surface area contributed by atoms with Crippen LogP contribution in [-0.2, 0) is 14.8 Å². The number of sulfonamides is 1. The number of carbonyl (C=O) groups excluding carboxylic acids is 1. The predicted octanol–water partition coefficient (Wildman–Crippen LogP) is 2.09. The van der Waals surface area contributed by atoms with Gasteiger partial charge in [0.25, 0.3) is 5.69 Å². The summed E-state index contributed by atoms with van der Waals surface area (Å²) >= 11 is 0. The third-order valence-corrected chi connectivity index (χ3v) is 7.18. The number of non-ortho nitro benzene ring substituents is 1. The summed E-state index contributed by atoms with van der Waals surface area (Å²) in [6.45, 7) is 2.67. The molecule has 1 atom stereocenters. The van der Waals surface area contributed by atoms with E-state index >= 15 is 0 Å². The summed E-state index contributed by atoms with van der Waals surface area (Å²) in [5, 5.41) is 11.0. The Balaban J connectivity index is 1.68. The predicted molar refractivity (Wildman–Crippen MR) is 99.7 cm³/mol. The Hall–Kier alpha value is -2.26. The number of hydrogen-bond acceptors (Lipinski definition) is 5. The van der Waals surface area contributed by atoms with E-state index in [0.717, 1.165) is 18.9 Å². The van der Waals surface area contributed by atoms with E-state index in [-0.39, 0.29) is 35.5 Å². The number of hydrogen-bond donors (Lipinski definition) is 0. The van der Waals surface area contributed by atoms with Crippen molar-refractivity contribution in [2.24, 2.45) is 5.92 Å².